The smallest absolute Gasteiger partial charge is 0.598 e. The Kier molecular flexibility index (Phi) is 9.98. The summed E-state index contributed by atoms with van der Waals surface area (Å²) in [5.74, 6) is 0.822. The summed E-state index contributed by atoms with van der Waals surface area (Å²) >= 11 is -2.43. The second-order valence-corrected chi connectivity index (χ2v) is 12.9. The van der Waals surface area contributed by atoms with Crippen molar-refractivity contribution in [2.45, 2.75) is 105 Å². The highest BCUT2D eigenvalue weighted by Crippen LogP contribution is 2.38. The third-order valence-corrected chi connectivity index (χ3v) is 7.45. The quantitative estimate of drug-likeness (QED) is 0.272. The molecule has 5 heteroatoms. The summed E-state index contributed by atoms with van der Waals surface area (Å²) in [5.41, 5.74) is 4.42. The first-order valence-electron chi connectivity index (χ1n) is 12.4. The molecule has 4 nitrogen and oxygen atoms in total. The number of hydrogen-bond donors (Lipinski definition) is 0. The van der Waals surface area contributed by atoms with Crippen molar-refractivity contribution < 1.29 is 11.4 Å². The van der Waals surface area contributed by atoms with Gasteiger partial charge in [0, 0.05) is 24.0 Å². The maximum absolute atomic E-state index is 6.63. The SMILES string of the molecule is CC(C)[O][Al]([O]c1c(C=N[C@H](C)c2ccccc2)cc(C(C)(C)C)cc1C(C)(C)C)[O]C(C)C. The van der Waals surface area contributed by atoms with E-state index in [1.807, 2.05) is 40.0 Å². The Balaban J connectivity index is 2.64. The molecule has 0 saturated heterocycles. The molecule has 0 spiro atoms. The van der Waals surface area contributed by atoms with Crippen molar-refractivity contribution in [3.63, 3.8) is 0 Å². The zero-order chi connectivity index (χ0) is 25.7. The highest BCUT2D eigenvalue weighted by Gasteiger charge is 2.40. The van der Waals surface area contributed by atoms with Gasteiger partial charge in [0.1, 0.15) is 0 Å². The van der Waals surface area contributed by atoms with E-state index >= 15 is 0 Å². The van der Waals surface area contributed by atoms with Crippen molar-refractivity contribution in [2.75, 3.05) is 0 Å². The number of benzene rings is 2. The fourth-order valence-corrected chi connectivity index (χ4v) is 5.03. The van der Waals surface area contributed by atoms with Crippen molar-refractivity contribution in [2.24, 2.45) is 4.99 Å². The molecular formula is C29H44AlNO3. The number of nitrogens with zero attached hydrogens (tertiary/aromatic N) is 1. The fourth-order valence-electron chi connectivity index (χ4n) is 3.51. The second kappa shape index (κ2) is 11.9. The van der Waals surface area contributed by atoms with Gasteiger partial charge in [0.15, 0.2) is 0 Å². The Morgan fingerprint density at radius 3 is 1.82 bits per heavy atom. The van der Waals surface area contributed by atoms with Crippen LogP contribution in [0.3, 0.4) is 0 Å². The Labute approximate surface area is 213 Å². The van der Waals surface area contributed by atoms with E-state index in [4.69, 9.17) is 16.4 Å². The second-order valence-electron chi connectivity index (χ2n) is 11.6. The van der Waals surface area contributed by atoms with Gasteiger partial charge < -0.3 is 11.4 Å². The topological polar surface area (TPSA) is 40.0 Å². The zero-order valence-electron chi connectivity index (χ0n) is 23.1. The van der Waals surface area contributed by atoms with Crippen LogP contribution in [0, 0.1) is 0 Å². The first-order chi connectivity index (χ1) is 15.7. The summed E-state index contributed by atoms with van der Waals surface area (Å²) < 4.78 is 18.9. The molecule has 0 radical (unpaired) electrons. The van der Waals surface area contributed by atoms with E-state index in [9.17, 15) is 0 Å². The molecule has 34 heavy (non-hydrogen) atoms. The van der Waals surface area contributed by atoms with Crippen LogP contribution in [0.2, 0.25) is 0 Å². The van der Waals surface area contributed by atoms with Gasteiger partial charge in [0.25, 0.3) is 0 Å². The predicted molar refractivity (Wildman–Crippen MR) is 145 cm³/mol. The average molecular weight is 482 g/mol. The molecule has 186 valence electrons. The number of hydrogen-bond acceptors (Lipinski definition) is 4. The summed E-state index contributed by atoms with van der Waals surface area (Å²) in [6.07, 6.45) is 2.02. The Morgan fingerprint density at radius 2 is 1.35 bits per heavy atom. The van der Waals surface area contributed by atoms with Crippen LogP contribution in [-0.4, -0.2) is 33.6 Å². The first kappa shape index (κ1) is 28.6. The fraction of sp³-hybridized carbons (Fsp3) is 0.552. The highest BCUT2D eigenvalue weighted by atomic mass is 27.3. The van der Waals surface area contributed by atoms with E-state index in [1.54, 1.807) is 0 Å². The van der Waals surface area contributed by atoms with Gasteiger partial charge in [-0.2, -0.15) is 0 Å². The minimum atomic E-state index is -2.43. The van der Waals surface area contributed by atoms with Crippen molar-refractivity contribution >= 4 is 21.4 Å². The van der Waals surface area contributed by atoms with Gasteiger partial charge in [0.2, 0.25) is 0 Å². The lowest BCUT2D eigenvalue weighted by molar-refractivity contribution is 0.0844. The van der Waals surface area contributed by atoms with Crippen molar-refractivity contribution in [1.29, 1.82) is 0 Å². The number of aliphatic imine (C=N–C) groups is 1. The van der Waals surface area contributed by atoms with E-state index in [2.05, 4.69) is 84.9 Å². The van der Waals surface area contributed by atoms with E-state index < -0.39 is 15.1 Å². The molecule has 0 amide bonds. The van der Waals surface area contributed by atoms with E-state index in [1.165, 1.54) is 11.1 Å². The average Bonchev–Trinajstić information content (AvgIpc) is 2.70. The molecule has 0 heterocycles. The lowest BCUT2D eigenvalue weighted by Crippen LogP contribution is -2.36. The monoisotopic (exact) mass is 481 g/mol. The van der Waals surface area contributed by atoms with Gasteiger partial charge in [0.05, 0.1) is 11.8 Å². The Bertz CT molecular complexity index is 930. The van der Waals surface area contributed by atoms with Gasteiger partial charge in [-0.25, -0.2) is 0 Å². The minimum absolute atomic E-state index is 0.00807. The van der Waals surface area contributed by atoms with Gasteiger partial charge in [-0.3, -0.25) is 4.99 Å². The molecule has 2 aromatic carbocycles. The van der Waals surface area contributed by atoms with Crippen LogP contribution in [0.1, 0.15) is 104 Å². The van der Waals surface area contributed by atoms with Crippen LogP contribution < -0.4 is 3.79 Å². The van der Waals surface area contributed by atoms with Crippen molar-refractivity contribution in [1.82, 2.24) is 0 Å². The predicted octanol–water partition coefficient (Wildman–Crippen LogP) is 7.68. The minimum Gasteiger partial charge on any atom is -0.598 e. The summed E-state index contributed by atoms with van der Waals surface area (Å²) in [4.78, 5) is 4.93. The van der Waals surface area contributed by atoms with Crippen LogP contribution in [-0.2, 0) is 18.4 Å². The molecule has 0 aliphatic rings. The van der Waals surface area contributed by atoms with Gasteiger partial charge >= 0.3 is 15.1 Å². The highest BCUT2D eigenvalue weighted by molar-refractivity contribution is 6.37. The molecule has 0 bridgehead atoms. The van der Waals surface area contributed by atoms with Gasteiger partial charge in [-0.05, 0) is 68.2 Å². The largest absolute Gasteiger partial charge is 1.00 e. The molecule has 0 aliphatic heterocycles. The first-order valence-corrected chi connectivity index (χ1v) is 13.8. The molecular weight excluding hydrogens is 437 g/mol. The normalized spacial score (nSPS) is 13.7. The molecule has 0 fully saturated rings. The standard InChI is InChI=1S/C23H31NO.2C3H7O.Al/c1-16(17-11-9-8-10-12-17)24-15-18-13-19(22(2,3)4)14-20(21(18)25)23(5,6)7;2*1-3(2)4;/h8-16,25H,1-7H3;2*3H,1-2H3;/q;2*-1;+3/p-1/t16-;;;/m1.../s1. The lowest BCUT2D eigenvalue weighted by atomic mass is 9.79. The van der Waals surface area contributed by atoms with Crippen LogP contribution in [0.4, 0.5) is 0 Å². The summed E-state index contributed by atoms with van der Waals surface area (Å²) in [5, 5.41) is 0. The van der Waals surface area contributed by atoms with Gasteiger partial charge in [-0.15, -0.1) is 0 Å². The molecule has 0 aliphatic carbocycles. The van der Waals surface area contributed by atoms with Gasteiger partial charge in [-0.1, -0.05) is 77.9 Å². The summed E-state index contributed by atoms with van der Waals surface area (Å²) in [6, 6.07) is 14.9. The third kappa shape index (κ3) is 8.54. The molecule has 2 aromatic rings. The molecule has 2 rings (SSSR count). The maximum Gasteiger partial charge on any atom is 1.00 e. The third-order valence-electron chi connectivity index (χ3n) is 5.49. The Hall–Kier alpha value is -1.64. The Morgan fingerprint density at radius 1 is 0.794 bits per heavy atom. The maximum atomic E-state index is 6.63. The van der Waals surface area contributed by atoms with Crippen molar-refractivity contribution in [3.8, 4) is 5.75 Å². The van der Waals surface area contributed by atoms with E-state index in [0.29, 0.717) is 0 Å². The lowest BCUT2D eigenvalue weighted by Gasteiger charge is -2.30. The van der Waals surface area contributed by atoms with Crippen LogP contribution in [0.15, 0.2) is 47.5 Å². The molecule has 0 saturated carbocycles. The molecule has 0 N–H and O–H groups in total. The van der Waals surface area contributed by atoms with Crippen LogP contribution in [0.25, 0.3) is 0 Å². The van der Waals surface area contributed by atoms with E-state index in [0.717, 1.165) is 16.9 Å². The van der Waals surface area contributed by atoms with E-state index in [-0.39, 0.29) is 29.1 Å². The zero-order valence-corrected chi connectivity index (χ0v) is 24.3. The van der Waals surface area contributed by atoms with Crippen LogP contribution >= 0.6 is 0 Å². The molecule has 1 atom stereocenters. The molecule has 0 unspecified atom stereocenters. The summed E-state index contributed by atoms with van der Waals surface area (Å²) in [7, 11) is 0. The summed E-state index contributed by atoms with van der Waals surface area (Å²) in [6.45, 7) is 23.6. The van der Waals surface area contributed by atoms with Crippen molar-refractivity contribution in [3.05, 3.63) is 64.7 Å². The molecule has 0 aromatic heterocycles. The number of rotatable bonds is 9. The van der Waals surface area contributed by atoms with Crippen LogP contribution in [0.5, 0.6) is 5.75 Å².